The molecule has 0 aromatic rings. The van der Waals surface area contributed by atoms with Crippen molar-refractivity contribution in [2.45, 2.75) is 20.8 Å². The molecule has 94 valence electrons. The lowest BCUT2D eigenvalue weighted by Crippen LogP contribution is -2.47. The Labute approximate surface area is 98.4 Å². The highest BCUT2D eigenvalue weighted by atomic mass is 16.5. The molecule has 0 bridgehead atoms. The largest absolute Gasteiger partial charge is 0.396 e. The summed E-state index contributed by atoms with van der Waals surface area (Å²) in [5.41, 5.74) is -1.11. The molecule has 0 radical (unpaired) electrons. The minimum absolute atomic E-state index is 0.123. The Balaban J connectivity index is 5.39. The molecule has 0 rings (SSSR count). The second kappa shape index (κ2) is 6.84. The van der Waals surface area contributed by atoms with Gasteiger partial charge < -0.3 is 14.9 Å². The van der Waals surface area contributed by atoms with Crippen LogP contribution in [0.25, 0.3) is 0 Å². The predicted octanol–water partition coefficient (Wildman–Crippen LogP) is 1.76. The van der Waals surface area contributed by atoms with E-state index in [0.717, 1.165) is 0 Å². The summed E-state index contributed by atoms with van der Waals surface area (Å²) in [5.74, 6) is 0. The van der Waals surface area contributed by atoms with Crippen molar-refractivity contribution in [1.82, 2.24) is 0 Å². The van der Waals surface area contributed by atoms with Crippen molar-refractivity contribution in [3.63, 3.8) is 0 Å². The van der Waals surface area contributed by atoms with E-state index >= 15 is 0 Å². The fourth-order valence-corrected chi connectivity index (χ4v) is 2.02. The zero-order valence-corrected chi connectivity index (χ0v) is 10.7. The summed E-state index contributed by atoms with van der Waals surface area (Å²) in [4.78, 5) is 0. The summed E-state index contributed by atoms with van der Waals surface area (Å²) in [7, 11) is 1.58. The summed E-state index contributed by atoms with van der Waals surface area (Å²) in [6.45, 7) is 5.90. The lowest BCUT2D eigenvalue weighted by atomic mass is 9.65. The van der Waals surface area contributed by atoms with Crippen LogP contribution in [0.4, 0.5) is 0 Å². The normalized spacial score (nSPS) is 17.1. The number of methoxy groups -OCH3 is 1. The van der Waals surface area contributed by atoms with Gasteiger partial charge in [-0.3, -0.25) is 0 Å². The van der Waals surface area contributed by atoms with E-state index < -0.39 is 10.8 Å². The molecule has 0 saturated carbocycles. The molecule has 0 aliphatic heterocycles. The van der Waals surface area contributed by atoms with Crippen molar-refractivity contribution in [3.8, 4) is 0 Å². The highest BCUT2D eigenvalue weighted by Gasteiger charge is 2.44. The maximum Gasteiger partial charge on any atom is 0.0574 e. The number of ether oxygens (including phenoxy) is 1. The summed E-state index contributed by atoms with van der Waals surface area (Å²) >= 11 is 0. The molecule has 0 spiro atoms. The van der Waals surface area contributed by atoms with Crippen molar-refractivity contribution in [2.24, 2.45) is 10.8 Å². The van der Waals surface area contributed by atoms with Crippen LogP contribution < -0.4 is 0 Å². The third-order valence-corrected chi connectivity index (χ3v) is 3.19. The van der Waals surface area contributed by atoms with Crippen molar-refractivity contribution < 1.29 is 14.9 Å². The quantitative estimate of drug-likeness (QED) is 0.653. The lowest BCUT2D eigenvalue weighted by Gasteiger charge is -2.43. The van der Waals surface area contributed by atoms with E-state index in [1.165, 1.54) is 0 Å². The smallest absolute Gasteiger partial charge is 0.0574 e. The molecular formula is C13H24O3. The van der Waals surface area contributed by atoms with Gasteiger partial charge in [0.1, 0.15) is 0 Å². The highest BCUT2D eigenvalue weighted by molar-refractivity contribution is 5.16. The molecule has 0 aliphatic carbocycles. The molecule has 16 heavy (non-hydrogen) atoms. The average Bonchev–Trinajstić information content (AvgIpc) is 2.26. The van der Waals surface area contributed by atoms with Gasteiger partial charge in [0.2, 0.25) is 0 Å². The number of hydrogen-bond donors (Lipinski definition) is 2. The van der Waals surface area contributed by atoms with Crippen LogP contribution in [0, 0.1) is 10.8 Å². The van der Waals surface area contributed by atoms with Crippen molar-refractivity contribution >= 4 is 0 Å². The number of hydrogen-bond acceptors (Lipinski definition) is 3. The summed E-state index contributed by atoms with van der Waals surface area (Å²) in [5, 5.41) is 19.2. The molecule has 0 unspecified atom stereocenters. The standard InChI is InChI=1S/C13H24O3/c1-5-7-12(3,8-6-2)13(9-14,10-15)11-16-4/h5-8,14-15H,9-11H2,1-4H3. The molecule has 0 aromatic heterocycles. The van der Waals surface area contributed by atoms with Crippen molar-refractivity contribution in [3.05, 3.63) is 24.3 Å². The average molecular weight is 228 g/mol. The maximum atomic E-state index is 9.59. The zero-order chi connectivity index (χ0) is 12.7. The van der Waals surface area contributed by atoms with Crippen molar-refractivity contribution in [1.29, 1.82) is 0 Å². The van der Waals surface area contributed by atoms with Crippen LogP contribution in [0.5, 0.6) is 0 Å². The van der Waals surface area contributed by atoms with Crippen molar-refractivity contribution in [2.75, 3.05) is 26.9 Å². The van der Waals surface area contributed by atoms with Gasteiger partial charge in [-0.25, -0.2) is 0 Å². The van der Waals surface area contributed by atoms with Gasteiger partial charge in [-0.15, -0.1) is 0 Å². The number of aliphatic hydroxyl groups excluding tert-OH is 2. The topological polar surface area (TPSA) is 49.7 Å². The van der Waals surface area contributed by atoms with Gasteiger partial charge >= 0.3 is 0 Å². The van der Waals surface area contributed by atoms with Crippen LogP contribution >= 0.6 is 0 Å². The molecule has 0 aliphatic rings. The minimum Gasteiger partial charge on any atom is -0.396 e. The Morgan fingerprint density at radius 1 is 1.06 bits per heavy atom. The Bertz CT molecular complexity index is 228. The first-order valence-electron chi connectivity index (χ1n) is 5.54. The van der Waals surface area contributed by atoms with E-state index in [0.29, 0.717) is 6.61 Å². The van der Waals surface area contributed by atoms with Gasteiger partial charge in [0.05, 0.1) is 25.2 Å². The Morgan fingerprint density at radius 2 is 1.50 bits per heavy atom. The van der Waals surface area contributed by atoms with Gasteiger partial charge in [0.15, 0.2) is 0 Å². The van der Waals surface area contributed by atoms with E-state index in [4.69, 9.17) is 4.74 Å². The zero-order valence-electron chi connectivity index (χ0n) is 10.7. The fraction of sp³-hybridized carbons (Fsp3) is 0.692. The second-order valence-corrected chi connectivity index (χ2v) is 4.31. The number of aliphatic hydroxyl groups is 2. The van der Waals surface area contributed by atoms with Gasteiger partial charge in [-0.1, -0.05) is 31.2 Å². The summed E-state index contributed by atoms with van der Waals surface area (Å²) < 4.78 is 5.14. The number of allylic oxidation sites excluding steroid dienone is 4. The van der Waals surface area contributed by atoms with E-state index in [1.807, 2.05) is 45.1 Å². The Kier molecular flexibility index (Phi) is 6.56. The molecule has 0 aromatic carbocycles. The molecule has 0 heterocycles. The molecule has 0 amide bonds. The summed E-state index contributed by atoms with van der Waals surface area (Å²) in [6.07, 6.45) is 7.82. The van der Waals surface area contributed by atoms with E-state index in [1.54, 1.807) is 7.11 Å². The van der Waals surface area contributed by atoms with Gasteiger partial charge in [0, 0.05) is 12.5 Å². The molecule has 3 nitrogen and oxygen atoms in total. The first-order chi connectivity index (χ1) is 7.55. The van der Waals surface area contributed by atoms with E-state index in [-0.39, 0.29) is 13.2 Å². The van der Waals surface area contributed by atoms with E-state index in [2.05, 4.69) is 0 Å². The highest BCUT2D eigenvalue weighted by Crippen LogP contribution is 2.42. The van der Waals surface area contributed by atoms with Crippen LogP contribution in [-0.2, 0) is 4.74 Å². The summed E-state index contributed by atoms with van der Waals surface area (Å²) in [6, 6.07) is 0. The van der Waals surface area contributed by atoms with Crippen LogP contribution in [0.2, 0.25) is 0 Å². The predicted molar refractivity (Wildman–Crippen MR) is 66.2 cm³/mol. The Morgan fingerprint density at radius 3 is 1.75 bits per heavy atom. The number of rotatable bonds is 7. The van der Waals surface area contributed by atoms with Crippen LogP contribution in [0.15, 0.2) is 24.3 Å². The molecule has 3 heteroatoms. The first kappa shape index (κ1) is 15.4. The molecule has 0 fully saturated rings. The van der Waals surface area contributed by atoms with Gasteiger partial charge in [-0.2, -0.15) is 0 Å². The molecule has 2 N–H and O–H groups in total. The van der Waals surface area contributed by atoms with Gasteiger partial charge in [-0.05, 0) is 13.8 Å². The maximum absolute atomic E-state index is 9.59. The molecular weight excluding hydrogens is 204 g/mol. The second-order valence-electron chi connectivity index (χ2n) is 4.31. The fourth-order valence-electron chi connectivity index (χ4n) is 2.02. The monoisotopic (exact) mass is 228 g/mol. The SMILES string of the molecule is CC=CC(C)(C=CC)C(CO)(CO)COC. The van der Waals surface area contributed by atoms with Crippen LogP contribution in [-0.4, -0.2) is 37.1 Å². The lowest BCUT2D eigenvalue weighted by molar-refractivity contribution is -0.0592. The van der Waals surface area contributed by atoms with E-state index in [9.17, 15) is 10.2 Å². The van der Waals surface area contributed by atoms with Gasteiger partial charge in [0.25, 0.3) is 0 Å². The Hall–Kier alpha value is -0.640. The first-order valence-corrected chi connectivity index (χ1v) is 5.54. The van der Waals surface area contributed by atoms with Crippen LogP contribution in [0.1, 0.15) is 20.8 Å². The minimum atomic E-state index is -0.694. The van der Waals surface area contributed by atoms with Crippen LogP contribution in [0.3, 0.4) is 0 Å². The third-order valence-electron chi connectivity index (χ3n) is 3.19. The third kappa shape index (κ3) is 2.94. The molecule has 0 saturated heterocycles. The molecule has 0 atom stereocenters.